The molecule has 0 spiro atoms. The van der Waals surface area contributed by atoms with Gasteiger partial charge >= 0.3 is 0 Å². The number of fused-ring (bicyclic) bond motifs is 1. The zero-order chi connectivity index (χ0) is 15.2. The van der Waals surface area contributed by atoms with E-state index in [9.17, 15) is 8.42 Å². The van der Waals surface area contributed by atoms with E-state index in [1.165, 1.54) is 8.71 Å². The van der Waals surface area contributed by atoms with Crippen molar-refractivity contribution in [1.82, 2.24) is 13.7 Å². The summed E-state index contributed by atoms with van der Waals surface area (Å²) in [6.45, 7) is 4.34. The van der Waals surface area contributed by atoms with Gasteiger partial charge < -0.3 is 10.5 Å². The first-order chi connectivity index (χ1) is 9.89. The van der Waals surface area contributed by atoms with Crippen LogP contribution in [0.5, 0.6) is 0 Å². The summed E-state index contributed by atoms with van der Waals surface area (Å²) in [5.41, 5.74) is 6.36. The Bertz CT molecular complexity index is 761. The minimum atomic E-state index is -3.71. The lowest BCUT2D eigenvalue weighted by atomic mass is 10.3. The molecule has 1 saturated heterocycles. The number of morpholine rings is 1. The van der Waals surface area contributed by atoms with Gasteiger partial charge in [-0.15, -0.1) is 0 Å². The third kappa shape index (κ3) is 2.39. The third-order valence-electron chi connectivity index (χ3n) is 3.48. The number of aromatic nitrogens is 2. The molecule has 8 heteroatoms. The van der Waals surface area contributed by atoms with Crippen LogP contribution in [0.4, 0.5) is 5.82 Å². The van der Waals surface area contributed by atoms with Gasteiger partial charge in [0.05, 0.1) is 12.2 Å². The normalized spacial score (nSPS) is 24.5. The molecular formula is C13H18N4O3S. The summed E-state index contributed by atoms with van der Waals surface area (Å²) in [6.07, 6.45) is 1.35. The Morgan fingerprint density at radius 1 is 1.29 bits per heavy atom. The molecule has 0 bridgehead atoms. The molecule has 2 aromatic rings. The van der Waals surface area contributed by atoms with Gasteiger partial charge in [0.1, 0.15) is 5.65 Å². The standard InChI is InChI=1S/C13H18N4O3S/c1-9-7-16(8-10(2)20-9)21(18,19)13-12(14)15-11-5-3-4-6-17(11)13/h3-6,9-10H,7-8,14H2,1-2H3. The second-order valence-corrected chi connectivity index (χ2v) is 7.16. The van der Waals surface area contributed by atoms with Crippen molar-refractivity contribution in [1.29, 1.82) is 0 Å². The second-order valence-electron chi connectivity index (χ2n) is 5.31. The first kappa shape index (κ1) is 14.3. The average molecular weight is 310 g/mol. The fourth-order valence-electron chi connectivity index (χ4n) is 2.70. The van der Waals surface area contributed by atoms with Crippen molar-refractivity contribution in [2.24, 2.45) is 0 Å². The monoisotopic (exact) mass is 310 g/mol. The van der Waals surface area contributed by atoms with Gasteiger partial charge in [-0.1, -0.05) is 6.07 Å². The minimum absolute atomic E-state index is 0.0213. The van der Waals surface area contributed by atoms with Crippen molar-refractivity contribution in [2.75, 3.05) is 18.8 Å². The largest absolute Gasteiger partial charge is 0.381 e. The van der Waals surface area contributed by atoms with E-state index in [1.807, 2.05) is 13.8 Å². The third-order valence-corrected chi connectivity index (χ3v) is 5.35. The number of hydrogen-bond donors (Lipinski definition) is 1. The first-order valence-electron chi connectivity index (χ1n) is 6.78. The summed E-state index contributed by atoms with van der Waals surface area (Å²) in [5.74, 6) is 0.0213. The summed E-state index contributed by atoms with van der Waals surface area (Å²) in [6, 6.07) is 5.26. The van der Waals surface area contributed by atoms with Crippen LogP contribution >= 0.6 is 0 Å². The van der Waals surface area contributed by atoms with Crippen molar-refractivity contribution in [3.05, 3.63) is 24.4 Å². The summed E-state index contributed by atoms with van der Waals surface area (Å²) >= 11 is 0. The Hall–Kier alpha value is -1.64. The molecule has 0 aliphatic carbocycles. The summed E-state index contributed by atoms with van der Waals surface area (Å²) < 4.78 is 34.3. The van der Waals surface area contributed by atoms with Crippen LogP contribution in [-0.4, -0.2) is 47.4 Å². The van der Waals surface area contributed by atoms with E-state index in [0.717, 1.165) is 0 Å². The van der Waals surface area contributed by atoms with Crippen molar-refractivity contribution in [3.63, 3.8) is 0 Å². The number of anilines is 1. The number of imidazole rings is 1. The highest BCUT2D eigenvalue weighted by Crippen LogP contribution is 2.26. The lowest BCUT2D eigenvalue weighted by molar-refractivity contribution is -0.0441. The molecule has 7 nitrogen and oxygen atoms in total. The molecule has 1 fully saturated rings. The maximum atomic E-state index is 12.9. The highest BCUT2D eigenvalue weighted by atomic mass is 32.2. The molecule has 3 rings (SSSR count). The molecule has 1 aliphatic heterocycles. The quantitative estimate of drug-likeness (QED) is 0.882. The Balaban J connectivity index is 2.10. The van der Waals surface area contributed by atoms with Gasteiger partial charge in [-0.25, -0.2) is 13.4 Å². The van der Waals surface area contributed by atoms with Crippen molar-refractivity contribution >= 4 is 21.5 Å². The molecule has 0 radical (unpaired) electrons. The van der Waals surface area contributed by atoms with Crippen LogP contribution in [0.3, 0.4) is 0 Å². The highest BCUT2D eigenvalue weighted by molar-refractivity contribution is 7.89. The smallest absolute Gasteiger partial charge is 0.263 e. The van der Waals surface area contributed by atoms with E-state index in [0.29, 0.717) is 18.7 Å². The molecule has 0 aromatic carbocycles. The van der Waals surface area contributed by atoms with Crippen molar-refractivity contribution in [3.8, 4) is 0 Å². The van der Waals surface area contributed by atoms with Gasteiger partial charge in [0.25, 0.3) is 10.0 Å². The lowest BCUT2D eigenvalue weighted by Crippen LogP contribution is -2.48. The number of nitrogen functional groups attached to an aromatic ring is 1. The van der Waals surface area contributed by atoms with E-state index in [2.05, 4.69) is 4.98 Å². The number of nitrogens with two attached hydrogens (primary N) is 1. The Kier molecular flexibility index (Phi) is 3.39. The maximum Gasteiger partial charge on any atom is 0.263 e. The van der Waals surface area contributed by atoms with Crippen molar-refractivity contribution in [2.45, 2.75) is 31.1 Å². The molecule has 2 aromatic heterocycles. The topological polar surface area (TPSA) is 89.9 Å². The van der Waals surface area contributed by atoms with Gasteiger partial charge in [-0.3, -0.25) is 4.40 Å². The molecule has 0 saturated carbocycles. The molecule has 114 valence electrons. The van der Waals surface area contributed by atoms with Crippen LogP contribution in [0, 0.1) is 0 Å². The predicted octanol–water partition coefficient (Wildman–Crippen LogP) is 0.714. The van der Waals surface area contributed by atoms with E-state index in [1.54, 1.807) is 24.4 Å². The molecule has 21 heavy (non-hydrogen) atoms. The van der Waals surface area contributed by atoms with Crippen LogP contribution < -0.4 is 5.73 Å². The fraction of sp³-hybridized carbons (Fsp3) is 0.462. The number of ether oxygens (including phenoxy) is 1. The van der Waals surface area contributed by atoms with Crippen LogP contribution in [0.15, 0.2) is 29.4 Å². The molecule has 2 atom stereocenters. The lowest BCUT2D eigenvalue weighted by Gasteiger charge is -2.34. The summed E-state index contributed by atoms with van der Waals surface area (Å²) in [4.78, 5) is 4.12. The van der Waals surface area contributed by atoms with E-state index < -0.39 is 10.0 Å². The molecule has 0 amide bonds. The maximum absolute atomic E-state index is 12.9. The number of sulfonamides is 1. The number of hydrogen-bond acceptors (Lipinski definition) is 5. The zero-order valence-corrected chi connectivity index (χ0v) is 12.7. The highest BCUT2D eigenvalue weighted by Gasteiger charge is 2.35. The fourth-order valence-corrected chi connectivity index (χ4v) is 4.47. The Morgan fingerprint density at radius 2 is 1.95 bits per heavy atom. The Labute approximate surface area is 123 Å². The van der Waals surface area contributed by atoms with Crippen molar-refractivity contribution < 1.29 is 13.2 Å². The molecule has 2 N–H and O–H groups in total. The summed E-state index contributed by atoms with van der Waals surface area (Å²) in [5, 5.41) is 0.0272. The van der Waals surface area contributed by atoms with Gasteiger partial charge in [0, 0.05) is 19.3 Å². The first-order valence-corrected chi connectivity index (χ1v) is 8.22. The summed E-state index contributed by atoms with van der Waals surface area (Å²) in [7, 11) is -3.71. The SMILES string of the molecule is CC1CN(S(=O)(=O)c2c(N)nc3ccccn23)CC(C)O1. The number of rotatable bonds is 2. The average Bonchev–Trinajstić information content (AvgIpc) is 2.73. The van der Waals surface area contributed by atoms with E-state index in [4.69, 9.17) is 10.5 Å². The van der Waals surface area contributed by atoms with Gasteiger partial charge in [0.15, 0.2) is 10.8 Å². The zero-order valence-electron chi connectivity index (χ0n) is 11.9. The van der Waals surface area contributed by atoms with Crippen LogP contribution in [-0.2, 0) is 14.8 Å². The molecular weight excluding hydrogens is 292 g/mol. The van der Waals surface area contributed by atoms with Crippen LogP contribution in [0.1, 0.15) is 13.8 Å². The minimum Gasteiger partial charge on any atom is -0.381 e. The predicted molar refractivity (Wildman–Crippen MR) is 78.4 cm³/mol. The van der Waals surface area contributed by atoms with Gasteiger partial charge in [0.2, 0.25) is 0 Å². The molecule has 2 unspecified atom stereocenters. The van der Waals surface area contributed by atoms with Crippen LogP contribution in [0.25, 0.3) is 5.65 Å². The van der Waals surface area contributed by atoms with Gasteiger partial charge in [-0.2, -0.15) is 4.31 Å². The second kappa shape index (κ2) is 4.97. The Morgan fingerprint density at radius 3 is 2.62 bits per heavy atom. The van der Waals surface area contributed by atoms with Crippen LogP contribution in [0.2, 0.25) is 0 Å². The van der Waals surface area contributed by atoms with E-state index in [-0.39, 0.29) is 23.1 Å². The molecule has 3 heterocycles. The number of pyridine rings is 1. The van der Waals surface area contributed by atoms with E-state index >= 15 is 0 Å². The van der Waals surface area contributed by atoms with Gasteiger partial charge in [-0.05, 0) is 26.0 Å². The molecule has 1 aliphatic rings. The number of nitrogens with zero attached hydrogens (tertiary/aromatic N) is 3.